The average Bonchev–Trinajstić information content (AvgIpc) is 3.18. The molecule has 2 aromatic heterocycles. The fourth-order valence-electron chi connectivity index (χ4n) is 3.44. The zero-order valence-corrected chi connectivity index (χ0v) is 20.4. The van der Waals surface area contributed by atoms with Gasteiger partial charge in [-0.2, -0.15) is 0 Å². The van der Waals surface area contributed by atoms with Gasteiger partial charge in [-0.1, -0.05) is 17.3 Å². The lowest BCUT2D eigenvalue weighted by molar-refractivity contribution is -0.116. The summed E-state index contributed by atoms with van der Waals surface area (Å²) in [5.74, 6) is 2.66. The number of hydrogen-bond donors (Lipinski definition) is 1. The number of aromatic nitrogens is 2. The number of nitrogens with one attached hydrogen (secondary N) is 1. The van der Waals surface area contributed by atoms with E-state index in [0.717, 1.165) is 47.1 Å². The molecule has 0 aliphatic rings. The van der Waals surface area contributed by atoms with Crippen LogP contribution in [0.1, 0.15) is 42.0 Å². The molecule has 0 atom stereocenters. The van der Waals surface area contributed by atoms with Gasteiger partial charge in [0.1, 0.15) is 18.2 Å². The molecule has 180 valence electrons. The fourth-order valence-corrected chi connectivity index (χ4v) is 3.44. The molecule has 0 spiro atoms. The summed E-state index contributed by atoms with van der Waals surface area (Å²) in [7, 11) is 1.58. The van der Waals surface area contributed by atoms with E-state index in [4.69, 9.17) is 14.0 Å². The SMILES string of the molecule is CCN(CC)c1ccc(CNC(=O)C=Cc2ccc(OCc3c(C)noc3C)c(OC)c2)cn1. The van der Waals surface area contributed by atoms with Crippen molar-refractivity contribution in [3.63, 3.8) is 0 Å². The van der Waals surface area contributed by atoms with Crippen molar-refractivity contribution in [3.8, 4) is 11.5 Å². The second-order valence-electron chi connectivity index (χ2n) is 7.75. The van der Waals surface area contributed by atoms with Crippen LogP contribution in [0, 0.1) is 13.8 Å². The molecule has 1 N–H and O–H groups in total. The number of carbonyl (C=O) groups excluding carboxylic acids is 1. The van der Waals surface area contributed by atoms with E-state index in [2.05, 4.69) is 34.2 Å². The molecule has 0 saturated carbocycles. The summed E-state index contributed by atoms with van der Waals surface area (Å²) in [5, 5.41) is 6.82. The molecule has 8 nitrogen and oxygen atoms in total. The zero-order chi connectivity index (χ0) is 24.5. The lowest BCUT2D eigenvalue weighted by Crippen LogP contribution is -2.23. The molecule has 0 aliphatic heterocycles. The molecule has 0 bridgehead atoms. The number of nitrogens with zero attached hydrogens (tertiary/aromatic N) is 3. The number of methoxy groups -OCH3 is 1. The van der Waals surface area contributed by atoms with Crippen LogP contribution in [0.5, 0.6) is 11.5 Å². The van der Waals surface area contributed by atoms with Crippen molar-refractivity contribution in [1.29, 1.82) is 0 Å². The first-order valence-corrected chi connectivity index (χ1v) is 11.3. The van der Waals surface area contributed by atoms with Crippen molar-refractivity contribution in [1.82, 2.24) is 15.5 Å². The normalized spacial score (nSPS) is 11.0. The van der Waals surface area contributed by atoms with Gasteiger partial charge in [0.2, 0.25) is 5.91 Å². The summed E-state index contributed by atoms with van der Waals surface area (Å²) in [6, 6.07) is 9.47. The van der Waals surface area contributed by atoms with E-state index in [9.17, 15) is 4.79 Å². The number of pyridine rings is 1. The summed E-state index contributed by atoms with van der Waals surface area (Å²) >= 11 is 0. The van der Waals surface area contributed by atoms with E-state index in [1.165, 1.54) is 6.08 Å². The number of hydrogen-bond acceptors (Lipinski definition) is 7. The van der Waals surface area contributed by atoms with Gasteiger partial charge in [0.15, 0.2) is 11.5 Å². The molecule has 0 fully saturated rings. The van der Waals surface area contributed by atoms with E-state index < -0.39 is 0 Å². The Kier molecular flexibility index (Phi) is 8.67. The summed E-state index contributed by atoms with van der Waals surface area (Å²) in [5.41, 5.74) is 3.49. The third-order valence-corrected chi connectivity index (χ3v) is 5.53. The second-order valence-corrected chi connectivity index (χ2v) is 7.75. The molecule has 3 aromatic rings. The molecule has 2 heterocycles. The number of aryl methyl sites for hydroxylation is 2. The predicted molar refractivity (Wildman–Crippen MR) is 132 cm³/mol. The van der Waals surface area contributed by atoms with Gasteiger partial charge in [-0.25, -0.2) is 4.98 Å². The van der Waals surface area contributed by atoms with Crippen molar-refractivity contribution in [3.05, 3.63) is 70.7 Å². The Hall–Kier alpha value is -3.81. The largest absolute Gasteiger partial charge is 0.493 e. The summed E-state index contributed by atoms with van der Waals surface area (Å²) < 4.78 is 16.5. The highest BCUT2D eigenvalue weighted by Crippen LogP contribution is 2.30. The van der Waals surface area contributed by atoms with E-state index in [-0.39, 0.29) is 5.91 Å². The zero-order valence-electron chi connectivity index (χ0n) is 20.4. The number of carbonyl (C=O) groups is 1. The maximum absolute atomic E-state index is 12.3. The van der Waals surface area contributed by atoms with Gasteiger partial charge >= 0.3 is 0 Å². The molecular formula is C26H32N4O4. The van der Waals surface area contributed by atoms with Gasteiger partial charge in [-0.15, -0.1) is 0 Å². The van der Waals surface area contributed by atoms with Crippen LogP contribution < -0.4 is 19.7 Å². The van der Waals surface area contributed by atoms with Crippen LogP contribution >= 0.6 is 0 Å². The van der Waals surface area contributed by atoms with E-state index >= 15 is 0 Å². The van der Waals surface area contributed by atoms with Crippen molar-refractivity contribution in [2.75, 3.05) is 25.1 Å². The number of ether oxygens (including phenoxy) is 2. The van der Waals surface area contributed by atoms with Crippen LogP contribution in [0.4, 0.5) is 5.82 Å². The highest BCUT2D eigenvalue weighted by molar-refractivity contribution is 5.91. The Balaban J connectivity index is 1.55. The Morgan fingerprint density at radius 3 is 2.56 bits per heavy atom. The van der Waals surface area contributed by atoms with Crippen LogP contribution in [0.25, 0.3) is 6.08 Å². The maximum atomic E-state index is 12.3. The predicted octanol–water partition coefficient (Wildman–Crippen LogP) is 4.45. The minimum Gasteiger partial charge on any atom is -0.493 e. The molecular weight excluding hydrogens is 432 g/mol. The van der Waals surface area contributed by atoms with Crippen LogP contribution in [-0.4, -0.2) is 36.2 Å². The lowest BCUT2D eigenvalue weighted by atomic mass is 10.1. The minimum atomic E-state index is -0.189. The monoisotopic (exact) mass is 464 g/mol. The first-order chi connectivity index (χ1) is 16.4. The number of benzene rings is 1. The minimum absolute atomic E-state index is 0.189. The average molecular weight is 465 g/mol. The summed E-state index contributed by atoms with van der Waals surface area (Å²) in [4.78, 5) is 18.9. The molecule has 3 rings (SSSR count). The quantitative estimate of drug-likeness (QED) is 0.419. The molecule has 0 saturated heterocycles. The Morgan fingerprint density at radius 2 is 1.94 bits per heavy atom. The molecule has 0 radical (unpaired) electrons. The highest BCUT2D eigenvalue weighted by atomic mass is 16.5. The number of anilines is 1. The van der Waals surface area contributed by atoms with Crippen LogP contribution in [0.2, 0.25) is 0 Å². The summed E-state index contributed by atoms with van der Waals surface area (Å²) in [6.45, 7) is 10.5. The standard InChI is InChI=1S/C26H32N4O4/c1-6-30(7-2)25-12-9-21(15-27-25)16-28-26(31)13-10-20-8-11-23(24(14-20)32-5)33-17-22-18(3)29-34-19(22)4/h8-15H,6-7,16-17H2,1-5H3,(H,28,31). The molecule has 8 heteroatoms. The van der Waals surface area contributed by atoms with Gasteiger partial charge in [0.25, 0.3) is 0 Å². The molecule has 0 aliphatic carbocycles. The Morgan fingerprint density at radius 1 is 1.15 bits per heavy atom. The number of rotatable bonds is 11. The van der Waals surface area contributed by atoms with Crippen molar-refractivity contribution >= 4 is 17.8 Å². The van der Waals surface area contributed by atoms with Crippen molar-refractivity contribution < 1.29 is 18.8 Å². The van der Waals surface area contributed by atoms with Gasteiger partial charge in [-0.05, 0) is 63.1 Å². The molecule has 34 heavy (non-hydrogen) atoms. The Labute approximate surface area is 200 Å². The van der Waals surface area contributed by atoms with Gasteiger partial charge in [0.05, 0.1) is 18.4 Å². The van der Waals surface area contributed by atoms with Crippen LogP contribution in [0.3, 0.4) is 0 Å². The molecule has 0 unspecified atom stereocenters. The summed E-state index contributed by atoms with van der Waals surface area (Å²) in [6.07, 6.45) is 5.03. The first-order valence-electron chi connectivity index (χ1n) is 11.3. The molecule has 1 aromatic carbocycles. The van der Waals surface area contributed by atoms with Crippen LogP contribution in [0.15, 0.2) is 47.1 Å². The van der Waals surface area contributed by atoms with Crippen LogP contribution in [-0.2, 0) is 17.9 Å². The van der Waals surface area contributed by atoms with Gasteiger partial charge in [-0.3, -0.25) is 4.79 Å². The van der Waals surface area contributed by atoms with Crippen molar-refractivity contribution in [2.24, 2.45) is 0 Å². The maximum Gasteiger partial charge on any atom is 0.244 e. The lowest BCUT2D eigenvalue weighted by Gasteiger charge is -2.19. The van der Waals surface area contributed by atoms with Gasteiger partial charge < -0.3 is 24.2 Å². The third-order valence-electron chi connectivity index (χ3n) is 5.53. The van der Waals surface area contributed by atoms with E-state index in [0.29, 0.717) is 24.7 Å². The second kappa shape index (κ2) is 11.9. The van der Waals surface area contributed by atoms with Crippen molar-refractivity contribution in [2.45, 2.75) is 40.8 Å². The first kappa shape index (κ1) is 24.8. The fraction of sp³-hybridized carbons (Fsp3) is 0.346. The van der Waals surface area contributed by atoms with E-state index in [1.807, 2.05) is 44.2 Å². The van der Waals surface area contributed by atoms with E-state index in [1.54, 1.807) is 19.4 Å². The third kappa shape index (κ3) is 6.37. The number of amides is 1. The highest BCUT2D eigenvalue weighted by Gasteiger charge is 2.12. The van der Waals surface area contributed by atoms with Gasteiger partial charge in [0, 0.05) is 31.9 Å². The Bertz CT molecular complexity index is 1100. The molecule has 1 amide bonds. The smallest absolute Gasteiger partial charge is 0.244 e. The topological polar surface area (TPSA) is 89.7 Å².